The van der Waals surface area contributed by atoms with Crippen molar-refractivity contribution < 1.29 is 18.9 Å². The molecule has 0 aliphatic carbocycles. The fraction of sp³-hybridized carbons (Fsp3) is 0.156. The quantitative estimate of drug-likeness (QED) is 0.237. The lowest BCUT2D eigenvalue weighted by atomic mass is 10.0. The second-order valence-corrected chi connectivity index (χ2v) is 8.84. The summed E-state index contributed by atoms with van der Waals surface area (Å²) in [6, 6.07) is 29.0. The highest BCUT2D eigenvalue weighted by atomic mass is 16.5. The first-order valence-corrected chi connectivity index (χ1v) is 12.1. The molecule has 0 aliphatic rings. The maximum Gasteiger partial charge on any atom is 0.186 e. The third-order valence-corrected chi connectivity index (χ3v) is 6.41. The molecule has 186 valence electrons. The first-order chi connectivity index (χ1) is 18.1. The van der Waals surface area contributed by atoms with Gasteiger partial charge in [-0.3, -0.25) is 4.79 Å². The van der Waals surface area contributed by atoms with Crippen molar-refractivity contribution >= 4 is 21.5 Å². The van der Waals surface area contributed by atoms with Crippen LogP contribution >= 0.6 is 0 Å². The van der Waals surface area contributed by atoms with Crippen molar-refractivity contribution in [2.45, 2.75) is 20.1 Å². The van der Waals surface area contributed by atoms with Crippen LogP contribution in [0.4, 0.5) is 0 Å². The maximum atomic E-state index is 13.3. The van der Waals surface area contributed by atoms with Gasteiger partial charge in [0.25, 0.3) is 0 Å². The van der Waals surface area contributed by atoms with Crippen LogP contribution in [0.25, 0.3) is 21.5 Å². The summed E-state index contributed by atoms with van der Waals surface area (Å²) in [7, 11) is 3.19. The zero-order valence-corrected chi connectivity index (χ0v) is 21.1. The van der Waals surface area contributed by atoms with Gasteiger partial charge in [-0.25, -0.2) is 0 Å². The maximum absolute atomic E-state index is 13.3. The van der Waals surface area contributed by atoms with Crippen molar-refractivity contribution in [2.24, 2.45) is 0 Å². The Morgan fingerprint density at radius 3 is 1.46 bits per heavy atom. The molecule has 0 aliphatic heterocycles. The molecule has 5 aromatic carbocycles. The molecule has 0 heterocycles. The summed E-state index contributed by atoms with van der Waals surface area (Å²) < 4.78 is 23.6. The van der Waals surface area contributed by atoms with E-state index < -0.39 is 0 Å². The zero-order valence-electron chi connectivity index (χ0n) is 21.1. The first kappa shape index (κ1) is 24.2. The Hall–Kier alpha value is -4.51. The minimum atomic E-state index is -0.0951. The van der Waals surface area contributed by atoms with Gasteiger partial charge in [0.15, 0.2) is 28.4 Å². The van der Waals surface area contributed by atoms with Gasteiger partial charge in [-0.05, 0) is 70.1 Å². The second kappa shape index (κ2) is 10.6. The Morgan fingerprint density at radius 1 is 0.541 bits per heavy atom. The van der Waals surface area contributed by atoms with Crippen LogP contribution in [0, 0.1) is 6.92 Å². The smallest absolute Gasteiger partial charge is 0.186 e. The van der Waals surface area contributed by atoms with E-state index >= 15 is 0 Å². The van der Waals surface area contributed by atoms with Gasteiger partial charge in [-0.2, -0.15) is 0 Å². The molecular formula is C32H28O5. The fourth-order valence-corrected chi connectivity index (χ4v) is 4.46. The van der Waals surface area contributed by atoms with E-state index in [2.05, 4.69) is 0 Å². The molecule has 0 aromatic heterocycles. The fourth-order valence-electron chi connectivity index (χ4n) is 4.46. The van der Waals surface area contributed by atoms with Gasteiger partial charge in [0, 0.05) is 5.39 Å². The summed E-state index contributed by atoms with van der Waals surface area (Å²) in [4.78, 5) is 13.3. The number of fused-ring (bicyclic) bond motifs is 3. The lowest BCUT2D eigenvalue weighted by Crippen LogP contribution is -2.00. The van der Waals surface area contributed by atoms with E-state index in [1.54, 1.807) is 26.4 Å². The zero-order chi connectivity index (χ0) is 25.8. The molecule has 5 aromatic rings. The van der Waals surface area contributed by atoms with Gasteiger partial charge in [0.1, 0.15) is 13.2 Å². The van der Waals surface area contributed by atoms with Crippen molar-refractivity contribution in [3.05, 3.63) is 118 Å². The number of hydrogen-bond acceptors (Lipinski definition) is 5. The Kier molecular flexibility index (Phi) is 6.95. The summed E-state index contributed by atoms with van der Waals surface area (Å²) in [6.45, 7) is 2.70. The summed E-state index contributed by atoms with van der Waals surface area (Å²) in [5.74, 6) is 2.27. The molecular weight excluding hydrogens is 464 g/mol. The van der Waals surface area contributed by atoms with Crippen LogP contribution in [0.15, 0.2) is 95.8 Å². The third kappa shape index (κ3) is 5.07. The van der Waals surface area contributed by atoms with Gasteiger partial charge >= 0.3 is 0 Å². The summed E-state index contributed by atoms with van der Waals surface area (Å²) in [5, 5.41) is 3.06. The highest BCUT2D eigenvalue weighted by molar-refractivity contribution is 6.09. The number of hydrogen-bond donors (Lipinski definition) is 0. The Balaban J connectivity index is 1.68. The molecule has 0 saturated carbocycles. The van der Waals surface area contributed by atoms with Crippen molar-refractivity contribution in [3.63, 3.8) is 0 Å². The lowest BCUT2D eigenvalue weighted by molar-refractivity contribution is 0.285. The Bertz CT molecular complexity index is 1610. The van der Waals surface area contributed by atoms with E-state index in [0.717, 1.165) is 32.8 Å². The van der Waals surface area contributed by atoms with Gasteiger partial charge in [0.2, 0.25) is 0 Å². The largest absolute Gasteiger partial charge is 0.493 e. The summed E-state index contributed by atoms with van der Waals surface area (Å²) in [6.07, 6.45) is 0. The molecule has 5 rings (SSSR count). The molecule has 0 amide bonds. The highest BCUT2D eigenvalue weighted by Crippen LogP contribution is 2.39. The minimum Gasteiger partial charge on any atom is -0.493 e. The molecule has 0 N–H and O–H groups in total. The molecule has 0 spiro atoms. The number of rotatable bonds is 8. The van der Waals surface area contributed by atoms with E-state index in [1.807, 2.05) is 85.8 Å². The number of methoxy groups -OCH3 is 2. The minimum absolute atomic E-state index is 0.0951. The van der Waals surface area contributed by atoms with Crippen molar-refractivity contribution in [2.75, 3.05) is 14.2 Å². The molecule has 5 heteroatoms. The van der Waals surface area contributed by atoms with Crippen LogP contribution in [0.5, 0.6) is 23.0 Å². The predicted octanol–water partition coefficient (Wildman–Crippen LogP) is 6.84. The van der Waals surface area contributed by atoms with E-state index in [9.17, 15) is 4.79 Å². The standard InChI is InChI=1S/C32H28O5/c1-21-14-28(33)27-18-30(35-3)32(37-20-23-12-8-5-9-13-23)17-26(27)25-16-31(29(34-2)15-24(21)25)36-19-22-10-6-4-7-11-22/h4-18H,19-20H2,1-3H3. The molecule has 0 atom stereocenters. The van der Waals surface area contributed by atoms with Gasteiger partial charge < -0.3 is 18.9 Å². The molecule has 0 saturated heterocycles. The van der Waals surface area contributed by atoms with Gasteiger partial charge in [-0.15, -0.1) is 0 Å². The Morgan fingerprint density at radius 2 is 0.973 bits per heavy atom. The van der Waals surface area contributed by atoms with Gasteiger partial charge in [0.05, 0.1) is 14.2 Å². The summed E-state index contributed by atoms with van der Waals surface area (Å²) >= 11 is 0. The highest BCUT2D eigenvalue weighted by Gasteiger charge is 2.16. The summed E-state index contributed by atoms with van der Waals surface area (Å²) in [5.41, 5.74) is 2.83. The van der Waals surface area contributed by atoms with Crippen LogP contribution in [-0.2, 0) is 13.2 Å². The van der Waals surface area contributed by atoms with Gasteiger partial charge in [-0.1, -0.05) is 60.7 Å². The van der Waals surface area contributed by atoms with Crippen LogP contribution in [-0.4, -0.2) is 14.2 Å². The first-order valence-electron chi connectivity index (χ1n) is 12.1. The SMILES string of the molecule is COc1cc2c(C)cc(=O)c3cc(OC)c(OCc4ccccc4)cc3c2cc1OCc1ccccc1. The van der Waals surface area contributed by atoms with Crippen LogP contribution in [0.3, 0.4) is 0 Å². The predicted molar refractivity (Wildman–Crippen MR) is 147 cm³/mol. The average Bonchev–Trinajstić information content (AvgIpc) is 3.04. The normalized spacial score (nSPS) is 10.9. The lowest BCUT2D eigenvalue weighted by Gasteiger charge is -2.14. The molecule has 0 radical (unpaired) electrons. The average molecular weight is 493 g/mol. The topological polar surface area (TPSA) is 54.0 Å². The van der Waals surface area contributed by atoms with E-state index in [0.29, 0.717) is 41.6 Å². The van der Waals surface area contributed by atoms with Crippen LogP contribution < -0.4 is 24.4 Å². The van der Waals surface area contributed by atoms with Crippen LogP contribution in [0.2, 0.25) is 0 Å². The van der Waals surface area contributed by atoms with Crippen molar-refractivity contribution in [1.29, 1.82) is 0 Å². The van der Waals surface area contributed by atoms with E-state index in [-0.39, 0.29) is 5.43 Å². The van der Waals surface area contributed by atoms with Crippen molar-refractivity contribution in [3.8, 4) is 23.0 Å². The molecule has 37 heavy (non-hydrogen) atoms. The van der Waals surface area contributed by atoms with E-state index in [4.69, 9.17) is 18.9 Å². The molecule has 0 fully saturated rings. The Labute approximate surface area is 215 Å². The van der Waals surface area contributed by atoms with Crippen LogP contribution in [0.1, 0.15) is 16.7 Å². The monoisotopic (exact) mass is 492 g/mol. The molecule has 0 unspecified atom stereocenters. The number of benzene rings is 4. The number of aryl methyl sites for hydroxylation is 1. The number of ether oxygens (including phenoxy) is 4. The van der Waals surface area contributed by atoms with E-state index in [1.165, 1.54) is 0 Å². The second-order valence-electron chi connectivity index (χ2n) is 8.84. The van der Waals surface area contributed by atoms with Crippen molar-refractivity contribution in [1.82, 2.24) is 0 Å². The molecule has 0 bridgehead atoms. The molecule has 5 nitrogen and oxygen atoms in total. The third-order valence-electron chi connectivity index (χ3n) is 6.41.